The van der Waals surface area contributed by atoms with Gasteiger partial charge >= 0.3 is 5.97 Å². The Labute approximate surface area is 164 Å². The molecule has 0 saturated heterocycles. The molecule has 0 fully saturated rings. The number of carbonyl (C=O) groups is 2. The highest BCUT2D eigenvalue weighted by molar-refractivity contribution is 8.00. The SMILES string of the molecule is C[C@@H](NC(=O)COC(=O)CSc1cc(F)ccc1F)c1cc2ccccc2o1. The van der Waals surface area contributed by atoms with Gasteiger partial charge in [0.1, 0.15) is 23.0 Å². The van der Waals surface area contributed by atoms with Crippen LogP contribution in [-0.2, 0) is 14.3 Å². The first-order valence-corrected chi connectivity index (χ1v) is 9.42. The summed E-state index contributed by atoms with van der Waals surface area (Å²) in [6, 6.07) is 11.9. The summed E-state index contributed by atoms with van der Waals surface area (Å²) in [7, 11) is 0. The number of esters is 1. The van der Waals surface area contributed by atoms with Gasteiger partial charge in [0.15, 0.2) is 6.61 Å². The van der Waals surface area contributed by atoms with E-state index in [-0.39, 0.29) is 10.6 Å². The number of nitrogens with one attached hydrogen (secondary N) is 1. The number of hydrogen-bond donors (Lipinski definition) is 1. The van der Waals surface area contributed by atoms with E-state index < -0.39 is 36.2 Å². The molecule has 146 valence electrons. The molecule has 0 unspecified atom stereocenters. The van der Waals surface area contributed by atoms with Crippen LogP contribution in [0.5, 0.6) is 0 Å². The van der Waals surface area contributed by atoms with Crippen molar-refractivity contribution in [3.63, 3.8) is 0 Å². The quantitative estimate of drug-likeness (QED) is 0.471. The number of fused-ring (bicyclic) bond motifs is 1. The third-order valence-corrected chi connectivity index (χ3v) is 4.86. The average Bonchev–Trinajstić information content (AvgIpc) is 3.11. The minimum Gasteiger partial charge on any atom is -0.459 e. The molecule has 1 aromatic heterocycles. The third kappa shape index (κ3) is 5.10. The lowest BCUT2D eigenvalue weighted by atomic mass is 10.2. The van der Waals surface area contributed by atoms with Gasteiger partial charge in [0, 0.05) is 10.3 Å². The first kappa shape index (κ1) is 19.9. The van der Waals surface area contributed by atoms with E-state index in [2.05, 4.69) is 5.32 Å². The first-order valence-electron chi connectivity index (χ1n) is 8.43. The Balaban J connectivity index is 1.45. The average molecular weight is 405 g/mol. The Morgan fingerprint density at radius 2 is 1.96 bits per heavy atom. The van der Waals surface area contributed by atoms with Crippen molar-refractivity contribution in [1.29, 1.82) is 0 Å². The highest BCUT2D eigenvalue weighted by atomic mass is 32.2. The topological polar surface area (TPSA) is 68.5 Å². The number of rotatable bonds is 7. The third-order valence-electron chi connectivity index (χ3n) is 3.85. The monoisotopic (exact) mass is 405 g/mol. The van der Waals surface area contributed by atoms with Gasteiger partial charge in [-0.25, -0.2) is 8.78 Å². The lowest BCUT2D eigenvalue weighted by molar-refractivity contribution is -0.146. The predicted octanol–water partition coefficient (Wildman–Crippen LogP) is 4.22. The van der Waals surface area contributed by atoms with E-state index in [0.29, 0.717) is 11.3 Å². The van der Waals surface area contributed by atoms with Gasteiger partial charge in [0.05, 0.1) is 11.8 Å². The van der Waals surface area contributed by atoms with Crippen molar-refractivity contribution in [1.82, 2.24) is 5.32 Å². The van der Waals surface area contributed by atoms with Gasteiger partial charge in [0.2, 0.25) is 0 Å². The largest absolute Gasteiger partial charge is 0.459 e. The molecular formula is C20H17F2NO4S. The summed E-state index contributed by atoms with van der Waals surface area (Å²) in [5, 5.41) is 3.60. The van der Waals surface area contributed by atoms with E-state index in [9.17, 15) is 18.4 Å². The molecule has 0 saturated carbocycles. The first-order chi connectivity index (χ1) is 13.4. The molecular weight excluding hydrogens is 388 g/mol. The van der Waals surface area contributed by atoms with Crippen molar-refractivity contribution in [2.24, 2.45) is 0 Å². The second kappa shape index (κ2) is 8.88. The Morgan fingerprint density at radius 3 is 2.75 bits per heavy atom. The standard InChI is InChI=1S/C20H17F2NO4S/c1-12(17-8-13-4-2-3-5-16(13)27-17)23-19(24)10-26-20(25)11-28-18-9-14(21)6-7-15(18)22/h2-9,12H,10-11H2,1H3,(H,23,24)/t12-/m1/s1. The van der Waals surface area contributed by atoms with Crippen molar-refractivity contribution in [3.8, 4) is 0 Å². The van der Waals surface area contributed by atoms with Crippen molar-refractivity contribution >= 4 is 34.6 Å². The number of ether oxygens (including phenoxy) is 1. The maximum absolute atomic E-state index is 13.5. The van der Waals surface area contributed by atoms with E-state index in [4.69, 9.17) is 9.15 Å². The van der Waals surface area contributed by atoms with Crippen LogP contribution in [0.4, 0.5) is 8.78 Å². The van der Waals surface area contributed by atoms with E-state index in [0.717, 1.165) is 35.3 Å². The molecule has 3 aromatic rings. The molecule has 0 radical (unpaired) electrons. The fourth-order valence-electron chi connectivity index (χ4n) is 2.48. The molecule has 1 atom stereocenters. The van der Waals surface area contributed by atoms with E-state index in [1.54, 1.807) is 6.92 Å². The van der Waals surface area contributed by atoms with Gasteiger partial charge in [-0.3, -0.25) is 9.59 Å². The Bertz CT molecular complexity index is 972. The van der Waals surface area contributed by atoms with Crippen molar-refractivity contribution in [3.05, 3.63) is 65.9 Å². The molecule has 0 bridgehead atoms. The van der Waals surface area contributed by atoms with Crippen LogP contribution in [-0.4, -0.2) is 24.2 Å². The molecule has 0 aliphatic carbocycles. The second-order valence-electron chi connectivity index (χ2n) is 6.00. The zero-order valence-corrected chi connectivity index (χ0v) is 15.7. The highest BCUT2D eigenvalue weighted by Gasteiger charge is 2.16. The predicted molar refractivity (Wildman–Crippen MR) is 101 cm³/mol. The number of benzene rings is 2. The molecule has 5 nitrogen and oxygen atoms in total. The van der Waals surface area contributed by atoms with Gasteiger partial charge in [-0.2, -0.15) is 0 Å². The van der Waals surface area contributed by atoms with Gasteiger partial charge in [-0.1, -0.05) is 18.2 Å². The maximum atomic E-state index is 13.5. The summed E-state index contributed by atoms with van der Waals surface area (Å²) in [6.07, 6.45) is 0. The molecule has 0 spiro atoms. The molecule has 8 heteroatoms. The molecule has 1 amide bonds. The van der Waals surface area contributed by atoms with Crippen LogP contribution in [0.25, 0.3) is 11.0 Å². The highest BCUT2D eigenvalue weighted by Crippen LogP contribution is 2.24. The van der Waals surface area contributed by atoms with Crippen LogP contribution in [0.3, 0.4) is 0 Å². The van der Waals surface area contributed by atoms with Crippen LogP contribution < -0.4 is 5.32 Å². The number of para-hydroxylation sites is 1. The van der Waals surface area contributed by atoms with Gasteiger partial charge in [-0.05, 0) is 37.3 Å². The number of carbonyl (C=O) groups excluding carboxylic acids is 2. The summed E-state index contributed by atoms with van der Waals surface area (Å²) in [5.74, 6) is -2.10. The second-order valence-corrected chi connectivity index (χ2v) is 7.02. The fraction of sp³-hybridized carbons (Fsp3) is 0.200. The molecule has 28 heavy (non-hydrogen) atoms. The molecule has 0 aliphatic rings. The minimum absolute atomic E-state index is 0.0000840. The van der Waals surface area contributed by atoms with Gasteiger partial charge < -0.3 is 14.5 Å². The lowest BCUT2D eigenvalue weighted by Crippen LogP contribution is -2.31. The zero-order valence-electron chi connectivity index (χ0n) is 14.9. The van der Waals surface area contributed by atoms with E-state index in [1.165, 1.54) is 0 Å². The van der Waals surface area contributed by atoms with Crippen LogP contribution in [0, 0.1) is 11.6 Å². The molecule has 3 rings (SSSR count). The normalized spacial score (nSPS) is 12.0. The van der Waals surface area contributed by atoms with Crippen LogP contribution in [0.15, 0.2) is 57.8 Å². The Morgan fingerprint density at radius 1 is 1.18 bits per heavy atom. The number of furan rings is 1. The summed E-state index contributed by atoms with van der Waals surface area (Å²) >= 11 is 0.798. The number of hydrogen-bond acceptors (Lipinski definition) is 5. The minimum atomic E-state index is -0.708. The maximum Gasteiger partial charge on any atom is 0.316 e. The fourth-order valence-corrected chi connectivity index (χ4v) is 3.24. The summed E-state index contributed by atoms with van der Waals surface area (Å²) in [6.45, 7) is 1.27. The summed E-state index contributed by atoms with van der Waals surface area (Å²) in [5.41, 5.74) is 0.714. The molecule has 2 aromatic carbocycles. The Hall–Kier alpha value is -2.87. The number of amides is 1. The smallest absolute Gasteiger partial charge is 0.316 e. The van der Waals surface area contributed by atoms with Crippen molar-refractivity contribution in [2.75, 3.05) is 12.4 Å². The molecule has 1 N–H and O–H groups in total. The zero-order chi connectivity index (χ0) is 20.1. The van der Waals surface area contributed by atoms with Crippen LogP contribution in [0.1, 0.15) is 18.7 Å². The van der Waals surface area contributed by atoms with Gasteiger partial charge in [0.25, 0.3) is 5.91 Å². The lowest BCUT2D eigenvalue weighted by Gasteiger charge is -2.11. The summed E-state index contributed by atoms with van der Waals surface area (Å²) < 4.78 is 37.1. The van der Waals surface area contributed by atoms with Crippen molar-refractivity contribution < 1.29 is 27.5 Å². The molecule has 0 aliphatic heterocycles. The van der Waals surface area contributed by atoms with E-state index >= 15 is 0 Å². The molecule has 1 heterocycles. The van der Waals surface area contributed by atoms with Crippen LogP contribution >= 0.6 is 11.8 Å². The number of thioether (sulfide) groups is 1. The van der Waals surface area contributed by atoms with E-state index in [1.807, 2.05) is 30.3 Å². The number of halogens is 2. The van der Waals surface area contributed by atoms with Crippen LogP contribution in [0.2, 0.25) is 0 Å². The van der Waals surface area contributed by atoms with Gasteiger partial charge in [-0.15, -0.1) is 11.8 Å². The van der Waals surface area contributed by atoms with Crippen molar-refractivity contribution in [2.45, 2.75) is 17.9 Å². The summed E-state index contributed by atoms with van der Waals surface area (Å²) in [4.78, 5) is 23.7. The Kier molecular flexibility index (Phi) is 6.30.